The van der Waals surface area contributed by atoms with Gasteiger partial charge in [0.05, 0.1) is 7.11 Å². The Morgan fingerprint density at radius 3 is 2.88 bits per heavy atom. The van der Waals surface area contributed by atoms with E-state index in [2.05, 4.69) is 5.32 Å². The second kappa shape index (κ2) is 5.50. The zero-order valence-corrected chi connectivity index (χ0v) is 10.6. The van der Waals surface area contributed by atoms with Crippen LogP contribution in [0, 0.1) is 5.82 Å². The van der Waals surface area contributed by atoms with Crippen molar-refractivity contribution in [2.24, 2.45) is 0 Å². The summed E-state index contributed by atoms with van der Waals surface area (Å²) in [5.74, 6) is 0.542. The number of benzene rings is 1. The van der Waals surface area contributed by atoms with E-state index in [1.165, 1.54) is 12.8 Å². The van der Waals surface area contributed by atoms with Gasteiger partial charge in [-0.1, -0.05) is 6.92 Å². The standard InChI is InChI=1S/C14H20FNO/c1-3-12-13(15)8-10(9-14(12)17-2)7-11-5-4-6-16-11/h8-9,11,16H,3-7H2,1-2H3. The van der Waals surface area contributed by atoms with Crippen LogP contribution in [-0.4, -0.2) is 19.7 Å². The van der Waals surface area contributed by atoms with Gasteiger partial charge in [-0.3, -0.25) is 0 Å². The molecule has 1 aromatic rings. The second-order valence-corrected chi connectivity index (χ2v) is 4.61. The van der Waals surface area contributed by atoms with Gasteiger partial charge in [0.15, 0.2) is 0 Å². The van der Waals surface area contributed by atoms with E-state index >= 15 is 0 Å². The molecule has 94 valence electrons. The van der Waals surface area contributed by atoms with Crippen LogP contribution in [-0.2, 0) is 12.8 Å². The van der Waals surface area contributed by atoms with Gasteiger partial charge in [0.1, 0.15) is 11.6 Å². The number of hydrogen-bond donors (Lipinski definition) is 1. The molecular formula is C14H20FNO. The highest BCUT2D eigenvalue weighted by Crippen LogP contribution is 2.25. The molecule has 1 aliphatic rings. The predicted octanol–water partition coefficient (Wildman–Crippen LogP) is 2.69. The van der Waals surface area contributed by atoms with Gasteiger partial charge in [0.2, 0.25) is 0 Å². The lowest BCUT2D eigenvalue weighted by Gasteiger charge is -2.14. The van der Waals surface area contributed by atoms with Crippen molar-refractivity contribution in [1.82, 2.24) is 5.32 Å². The van der Waals surface area contributed by atoms with E-state index in [0.717, 1.165) is 18.5 Å². The Morgan fingerprint density at radius 2 is 2.29 bits per heavy atom. The van der Waals surface area contributed by atoms with Crippen LogP contribution in [0.1, 0.15) is 30.9 Å². The zero-order valence-electron chi connectivity index (χ0n) is 10.6. The minimum Gasteiger partial charge on any atom is -0.496 e. The topological polar surface area (TPSA) is 21.3 Å². The summed E-state index contributed by atoms with van der Waals surface area (Å²) in [6.07, 6.45) is 3.95. The molecule has 0 aliphatic carbocycles. The van der Waals surface area contributed by atoms with Crippen LogP contribution in [0.2, 0.25) is 0 Å². The maximum atomic E-state index is 13.9. The highest BCUT2D eigenvalue weighted by atomic mass is 19.1. The van der Waals surface area contributed by atoms with Crippen molar-refractivity contribution in [2.45, 2.75) is 38.6 Å². The van der Waals surface area contributed by atoms with Gasteiger partial charge >= 0.3 is 0 Å². The predicted molar refractivity (Wildman–Crippen MR) is 67.1 cm³/mol. The lowest BCUT2D eigenvalue weighted by Crippen LogP contribution is -2.23. The number of halogens is 1. The molecule has 3 heteroatoms. The highest BCUT2D eigenvalue weighted by Gasteiger charge is 2.16. The molecule has 1 heterocycles. The third kappa shape index (κ3) is 2.78. The maximum Gasteiger partial charge on any atom is 0.130 e. The molecule has 1 aliphatic heterocycles. The molecule has 0 spiro atoms. The van der Waals surface area contributed by atoms with Crippen LogP contribution in [0.15, 0.2) is 12.1 Å². The molecule has 17 heavy (non-hydrogen) atoms. The summed E-state index contributed by atoms with van der Waals surface area (Å²) in [6, 6.07) is 4.12. The van der Waals surface area contributed by atoms with Crippen LogP contribution >= 0.6 is 0 Å². The van der Waals surface area contributed by atoms with Crippen molar-refractivity contribution in [3.63, 3.8) is 0 Å². The van der Waals surface area contributed by atoms with Crippen molar-refractivity contribution in [1.29, 1.82) is 0 Å². The minimum absolute atomic E-state index is 0.139. The summed E-state index contributed by atoms with van der Waals surface area (Å²) in [5.41, 5.74) is 1.70. The first-order valence-electron chi connectivity index (χ1n) is 6.33. The molecule has 1 aromatic carbocycles. The first-order chi connectivity index (χ1) is 8.24. The van der Waals surface area contributed by atoms with E-state index in [-0.39, 0.29) is 5.82 Å². The van der Waals surface area contributed by atoms with E-state index in [1.807, 2.05) is 13.0 Å². The first-order valence-corrected chi connectivity index (χ1v) is 6.33. The number of ether oxygens (including phenoxy) is 1. The Labute approximate surface area is 102 Å². The van der Waals surface area contributed by atoms with Gasteiger partial charge < -0.3 is 10.1 Å². The molecule has 1 unspecified atom stereocenters. The average molecular weight is 237 g/mol. The van der Waals surface area contributed by atoms with Gasteiger partial charge in [-0.2, -0.15) is 0 Å². The van der Waals surface area contributed by atoms with E-state index in [9.17, 15) is 4.39 Å². The number of nitrogens with one attached hydrogen (secondary N) is 1. The van der Waals surface area contributed by atoms with Crippen LogP contribution in [0.5, 0.6) is 5.75 Å². The fourth-order valence-electron chi connectivity index (χ4n) is 2.52. The molecule has 0 radical (unpaired) electrons. The lowest BCUT2D eigenvalue weighted by atomic mass is 10.0. The summed E-state index contributed by atoms with van der Waals surface area (Å²) in [5, 5.41) is 3.43. The van der Waals surface area contributed by atoms with Crippen LogP contribution in [0.4, 0.5) is 4.39 Å². The molecule has 0 aromatic heterocycles. The molecule has 1 fully saturated rings. The largest absolute Gasteiger partial charge is 0.496 e. The fraction of sp³-hybridized carbons (Fsp3) is 0.571. The minimum atomic E-state index is -0.139. The van der Waals surface area contributed by atoms with Gasteiger partial charge in [-0.15, -0.1) is 0 Å². The molecule has 0 amide bonds. The maximum absolute atomic E-state index is 13.9. The molecule has 0 bridgehead atoms. The van der Waals surface area contributed by atoms with Crippen molar-refractivity contribution < 1.29 is 9.13 Å². The van der Waals surface area contributed by atoms with Crippen molar-refractivity contribution in [3.8, 4) is 5.75 Å². The van der Waals surface area contributed by atoms with E-state index in [0.29, 0.717) is 23.8 Å². The Hall–Kier alpha value is -1.09. The second-order valence-electron chi connectivity index (χ2n) is 4.61. The van der Waals surface area contributed by atoms with Crippen molar-refractivity contribution >= 4 is 0 Å². The average Bonchev–Trinajstić information content (AvgIpc) is 2.81. The SMILES string of the molecule is CCc1c(F)cc(CC2CCCN2)cc1OC. The van der Waals surface area contributed by atoms with Crippen molar-refractivity contribution in [3.05, 3.63) is 29.1 Å². The van der Waals surface area contributed by atoms with Gasteiger partial charge in [-0.05, 0) is 49.9 Å². The number of rotatable bonds is 4. The molecule has 2 nitrogen and oxygen atoms in total. The fourth-order valence-corrected chi connectivity index (χ4v) is 2.52. The Balaban J connectivity index is 2.19. The highest BCUT2D eigenvalue weighted by molar-refractivity contribution is 5.39. The molecule has 1 saturated heterocycles. The third-order valence-corrected chi connectivity index (χ3v) is 3.43. The van der Waals surface area contributed by atoms with E-state index < -0.39 is 0 Å². The normalized spacial score (nSPS) is 19.6. The van der Waals surface area contributed by atoms with Gasteiger partial charge in [-0.25, -0.2) is 4.39 Å². The lowest BCUT2D eigenvalue weighted by molar-refractivity contribution is 0.404. The summed E-state index contributed by atoms with van der Waals surface area (Å²) in [6.45, 7) is 3.02. The van der Waals surface area contributed by atoms with Gasteiger partial charge in [0.25, 0.3) is 0 Å². The summed E-state index contributed by atoms with van der Waals surface area (Å²) < 4.78 is 19.1. The number of methoxy groups -OCH3 is 1. The Kier molecular flexibility index (Phi) is 4.00. The summed E-state index contributed by atoms with van der Waals surface area (Å²) >= 11 is 0. The quantitative estimate of drug-likeness (QED) is 0.869. The van der Waals surface area contributed by atoms with Crippen LogP contribution in [0.3, 0.4) is 0 Å². The van der Waals surface area contributed by atoms with Gasteiger partial charge in [0, 0.05) is 11.6 Å². The van der Waals surface area contributed by atoms with Crippen molar-refractivity contribution in [2.75, 3.05) is 13.7 Å². The van der Waals surface area contributed by atoms with E-state index in [4.69, 9.17) is 4.74 Å². The van der Waals surface area contributed by atoms with Crippen LogP contribution in [0.25, 0.3) is 0 Å². The third-order valence-electron chi connectivity index (χ3n) is 3.43. The molecule has 2 rings (SSSR count). The molecule has 1 N–H and O–H groups in total. The smallest absolute Gasteiger partial charge is 0.130 e. The number of hydrogen-bond acceptors (Lipinski definition) is 2. The summed E-state index contributed by atoms with van der Waals surface area (Å²) in [7, 11) is 1.60. The van der Waals surface area contributed by atoms with E-state index in [1.54, 1.807) is 13.2 Å². The monoisotopic (exact) mass is 237 g/mol. The summed E-state index contributed by atoms with van der Waals surface area (Å²) in [4.78, 5) is 0. The van der Waals surface area contributed by atoms with Crippen LogP contribution < -0.4 is 10.1 Å². The molecular weight excluding hydrogens is 217 g/mol. The zero-order chi connectivity index (χ0) is 12.3. The Morgan fingerprint density at radius 1 is 1.47 bits per heavy atom. The Bertz CT molecular complexity index is 386. The molecule has 1 atom stereocenters. The molecule has 0 saturated carbocycles. The first kappa shape index (κ1) is 12.4.